The Bertz CT molecular complexity index is 1170. The van der Waals surface area contributed by atoms with Gasteiger partial charge < -0.3 is 19.5 Å². The summed E-state index contributed by atoms with van der Waals surface area (Å²) < 4.78 is 5.80. The summed E-state index contributed by atoms with van der Waals surface area (Å²) in [6.45, 7) is 3.46. The van der Waals surface area contributed by atoms with Crippen LogP contribution in [0.15, 0.2) is 53.6 Å². The summed E-state index contributed by atoms with van der Waals surface area (Å²) in [6.07, 6.45) is 5.26. The van der Waals surface area contributed by atoms with Gasteiger partial charge in [0.25, 0.3) is 5.56 Å². The average Bonchev–Trinajstić information content (AvgIpc) is 3.35. The van der Waals surface area contributed by atoms with Gasteiger partial charge in [0, 0.05) is 68.7 Å². The molecule has 1 saturated heterocycles. The van der Waals surface area contributed by atoms with Crippen molar-refractivity contribution in [1.29, 1.82) is 0 Å². The maximum atomic E-state index is 13.4. The van der Waals surface area contributed by atoms with Crippen molar-refractivity contribution in [1.82, 2.24) is 19.9 Å². The first-order chi connectivity index (χ1) is 16.4. The molecule has 1 fully saturated rings. The Morgan fingerprint density at radius 3 is 2.62 bits per heavy atom. The van der Waals surface area contributed by atoms with Crippen LogP contribution in [0.5, 0.6) is 0 Å². The number of aryl methyl sites for hydroxylation is 1. The van der Waals surface area contributed by atoms with Crippen LogP contribution in [-0.4, -0.2) is 59.1 Å². The quantitative estimate of drug-likeness (QED) is 0.555. The molecule has 1 N–H and O–H groups in total. The highest BCUT2D eigenvalue weighted by Gasteiger charge is 2.24. The lowest BCUT2D eigenvalue weighted by molar-refractivity contribution is -0.132. The molecule has 0 saturated carbocycles. The number of ether oxygens (including phenoxy) is 1. The Hall–Kier alpha value is -3.52. The number of rotatable bonds is 8. The number of pyridine rings is 1. The third-order valence-electron chi connectivity index (χ3n) is 6.11. The molecule has 1 aliphatic rings. The van der Waals surface area contributed by atoms with Crippen molar-refractivity contribution in [2.45, 2.75) is 38.8 Å². The highest BCUT2D eigenvalue weighted by atomic mass is 16.5. The number of nitrogens with zero attached hydrogens (tertiary/aromatic N) is 4. The van der Waals surface area contributed by atoms with Crippen LogP contribution in [0.3, 0.4) is 0 Å². The van der Waals surface area contributed by atoms with E-state index in [4.69, 9.17) is 4.74 Å². The first kappa shape index (κ1) is 23.6. The van der Waals surface area contributed by atoms with Crippen molar-refractivity contribution in [2.75, 3.05) is 32.1 Å². The second-order valence-electron chi connectivity index (χ2n) is 8.87. The number of aromatic nitrogens is 3. The average molecular weight is 462 g/mol. The highest BCUT2D eigenvalue weighted by Crippen LogP contribution is 2.19. The van der Waals surface area contributed by atoms with E-state index in [2.05, 4.69) is 15.0 Å². The predicted molar refractivity (Wildman–Crippen MR) is 132 cm³/mol. The molecule has 0 aliphatic carbocycles. The Morgan fingerprint density at radius 1 is 1.21 bits per heavy atom. The number of benzene rings is 1. The maximum absolute atomic E-state index is 13.4. The van der Waals surface area contributed by atoms with Crippen molar-refractivity contribution < 1.29 is 9.53 Å². The molecule has 178 valence electrons. The zero-order chi connectivity index (χ0) is 24.1. The molecule has 8 nitrogen and oxygen atoms in total. The van der Waals surface area contributed by atoms with Crippen LogP contribution in [0.2, 0.25) is 0 Å². The van der Waals surface area contributed by atoms with Crippen LogP contribution < -0.4 is 10.5 Å². The number of nitrogens with one attached hydrogen (secondary N) is 1. The Balaban J connectivity index is 1.54. The van der Waals surface area contributed by atoms with E-state index in [1.54, 1.807) is 30.3 Å². The molecule has 4 rings (SSSR count). The molecule has 0 spiro atoms. The van der Waals surface area contributed by atoms with Crippen LogP contribution in [0.25, 0.3) is 11.4 Å². The number of aromatic amines is 1. The summed E-state index contributed by atoms with van der Waals surface area (Å²) in [6, 6.07) is 11.8. The van der Waals surface area contributed by atoms with Crippen molar-refractivity contribution in [2.24, 2.45) is 0 Å². The lowest BCUT2D eigenvalue weighted by Crippen LogP contribution is -2.39. The molecular formula is C26H31N5O3. The summed E-state index contributed by atoms with van der Waals surface area (Å²) >= 11 is 0. The molecule has 1 atom stereocenters. The molecular weight excluding hydrogens is 430 g/mol. The predicted octanol–water partition coefficient (Wildman–Crippen LogP) is 2.96. The molecule has 2 aromatic heterocycles. The van der Waals surface area contributed by atoms with Crippen molar-refractivity contribution in [3.63, 3.8) is 0 Å². The summed E-state index contributed by atoms with van der Waals surface area (Å²) in [5, 5.41) is 0. The minimum atomic E-state index is -0.299. The summed E-state index contributed by atoms with van der Waals surface area (Å²) in [4.78, 5) is 41.6. The van der Waals surface area contributed by atoms with Gasteiger partial charge in [-0.1, -0.05) is 12.1 Å². The van der Waals surface area contributed by atoms with Crippen molar-refractivity contribution in [3.8, 4) is 11.4 Å². The second kappa shape index (κ2) is 10.6. The number of carbonyl (C=O) groups excluding carboxylic acids is 1. The van der Waals surface area contributed by atoms with Gasteiger partial charge in [-0.2, -0.15) is 0 Å². The minimum Gasteiger partial charge on any atom is -0.378 e. The van der Waals surface area contributed by atoms with Gasteiger partial charge in [0.05, 0.1) is 12.5 Å². The molecule has 1 unspecified atom stereocenters. The molecule has 8 heteroatoms. The molecule has 0 bridgehead atoms. The van der Waals surface area contributed by atoms with E-state index in [-0.39, 0.29) is 24.0 Å². The van der Waals surface area contributed by atoms with Crippen molar-refractivity contribution >= 4 is 11.6 Å². The lowest BCUT2D eigenvalue weighted by Gasteiger charge is -2.26. The highest BCUT2D eigenvalue weighted by molar-refractivity contribution is 5.79. The second-order valence-corrected chi connectivity index (χ2v) is 8.87. The van der Waals surface area contributed by atoms with E-state index in [0.29, 0.717) is 30.2 Å². The molecule has 0 radical (unpaired) electrons. The van der Waals surface area contributed by atoms with E-state index in [0.717, 1.165) is 36.3 Å². The fourth-order valence-corrected chi connectivity index (χ4v) is 4.13. The molecule has 34 heavy (non-hydrogen) atoms. The monoisotopic (exact) mass is 461 g/mol. The van der Waals surface area contributed by atoms with Gasteiger partial charge in [-0.25, -0.2) is 4.98 Å². The minimum absolute atomic E-state index is 0.00993. The van der Waals surface area contributed by atoms with E-state index in [1.807, 2.05) is 49.3 Å². The Morgan fingerprint density at radius 2 is 2.00 bits per heavy atom. The standard InChI is InChI=1S/C26H31N5O3/c1-18-23(26(33)29-25(28-18)20-6-4-12-27-15-20)14-24(32)31(17-22-7-5-13-34-22)16-19-8-10-21(11-9-19)30(2)3/h4,6,8-12,15,22H,5,7,13-14,16-17H2,1-3H3,(H,28,29,33). The van der Waals surface area contributed by atoms with Gasteiger partial charge in [0.1, 0.15) is 5.82 Å². The Kier molecular flexibility index (Phi) is 7.37. The van der Waals surface area contributed by atoms with E-state index < -0.39 is 0 Å². The number of amides is 1. The van der Waals surface area contributed by atoms with E-state index in [9.17, 15) is 9.59 Å². The summed E-state index contributed by atoms with van der Waals surface area (Å²) in [5.74, 6) is 0.334. The summed E-state index contributed by atoms with van der Waals surface area (Å²) in [7, 11) is 3.99. The van der Waals surface area contributed by atoms with Crippen molar-refractivity contribution in [3.05, 3.63) is 76.0 Å². The summed E-state index contributed by atoms with van der Waals surface area (Å²) in [5.41, 5.74) is 3.49. The number of hydrogen-bond donors (Lipinski definition) is 1. The lowest BCUT2D eigenvalue weighted by atomic mass is 10.1. The number of H-pyrrole nitrogens is 1. The normalized spacial score (nSPS) is 15.3. The fourth-order valence-electron chi connectivity index (χ4n) is 4.13. The molecule has 3 aromatic rings. The number of anilines is 1. The van der Waals surface area contributed by atoms with Gasteiger partial charge >= 0.3 is 0 Å². The van der Waals surface area contributed by atoms with Crippen LogP contribution >= 0.6 is 0 Å². The molecule has 1 amide bonds. The molecule has 1 aliphatic heterocycles. The first-order valence-corrected chi connectivity index (χ1v) is 11.6. The maximum Gasteiger partial charge on any atom is 0.255 e. The first-order valence-electron chi connectivity index (χ1n) is 11.6. The van der Waals surface area contributed by atoms with Gasteiger partial charge in [-0.3, -0.25) is 14.6 Å². The third kappa shape index (κ3) is 5.69. The number of carbonyl (C=O) groups is 1. The zero-order valence-electron chi connectivity index (χ0n) is 20.0. The Labute approximate surface area is 199 Å². The van der Waals surface area contributed by atoms with Gasteiger partial charge in [-0.15, -0.1) is 0 Å². The fraction of sp³-hybridized carbons (Fsp3) is 0.385. The van der Waals surface area contributed by atoms with Gasteiger partial charge in [0.15, 0.2) is 0 Å². The SMILES string of the molecule is Cc1nc(-c2cccnc2)[nH]c(=O)c1CC(=O)N(Cc1ccc(N(C)C)cc1)CC1CCCO1. The largest absolute Gasteiger partial charge is 0.378 e. The molecule has 1 aromatic carbocycles. The zero-order valence-corrected chi connectivity index (χ0v) is 20.0. The topological polar surface area (TPSA) is 91.4 Å². The van der Waals surface area contributed by atoms with Crippen LogP contribution in [0.1, 0.15) is 29.7 Å². The van der Waals surface area contributed by atoms with E-state index in [1.165, 1.54) is 0 Å². The smallest absolute Gasteiger partial charge is 0.255 e. The van der Waals surface area contributed by atoms with Gasteiger partial charge in [-0.05, 0) is 49.6 Å². The van der Waals surface area contributed by atoms with Crippen LogP contribution in [0, 0.1) is 6.92 Å². The van der Waals surface area contributed by atoms with Crippen LogP contribution in [0.4, 0.5) is 5.69 Å². The molecule has 3 heterocycles. The number of hydrogen-bond acceptors (Lipinski definition) is 6. The van der Waals surface area contributed by atoms with E-state index >= 15 is 0 Å². The third-order valence-corrected chi connectivity index (χ3v) is 6.11. The van der Waals surface area contributed by atoms with Gasteiger partial charge in [0.2, 0.25) is 5.91 Å². The van der Waals surface area contributed by atoms with Crippen LogP contribution in [-0.2, 0) is 22.5 Å².